The van der Waals surface area contributed by atoms with Gasteiger partial charge in [0.1, 0.15) is 12.4 Å². The van der Waals surface area contributed by atoms with Gasteiger partial charge in [-0.15, -0.1) is 0 Å². The van der Waals surface area contributed by atoms with E-state index in [0.717, 1.165) is 66.9 Å². The summed E-state index contributed by atoms with van der Waals surface area (Å²) < 4.78 is 13.5. The first-order valence-electron chi connectivity index (χ1n) is 10.7. The highest BCUT2D eigenvalue weighted by molar-refractivity contribution is 5.88. The monoisotopic (exact) mass is 421 g/mol. The van der Waals surface area contributed by atoms with Crippen LogP contribution in [-0.4, -0.2) is 51.8 Å². The molecule has 31 heavy (non-hydrogen) atoms. The Morgan fingerprint density at radius 1 is 1.06 bits per heavy atom. The first kappa shape index (κ1) is 21.1. The summed E-state index contributed by atoms with van der Waals surface area (Å²) in [6.07, 6.45) is 2.09. The van der Waals surface area contributed by atoms with Crippen molar-refractivity contribution in [1.82, 2.24) is 14.5 Å². The molecule has 0 aliphatic carbocycles. The number of imidazole rings is 1. The maximum absolute atomic E-state index is 11.0. The van der Waals surface area contributed by atoms with Crippen LogP contribution in [0.5, 0.6) is 5.75 Å². The molecule has 7 nitrogen and oxygen atoms in total. The predicted octanol–water partition coefficient (Wildman–Crippen LogP) is 3.99. The van der Waals surface area contributed by atoms with Gasteiger partial charge in [0.15, 0.2) is 5.82 Å². The van der Waals surface area contributed by atoms with Gasteiger partial charge in [0.25, 0.3) is 0 Å². The van der Waals surface area contributed by atoms with Crippen molar-refractivity contribution in [3.8, 4) is 22.6 Å². The Balaban J connectivity index is 0.00000112. The Morgan fingerprint density at radius 3 is 2.48 bits per heavy atom. The maximum Gasteiger partial charge on any atom is 0.335 e. The first-order valence-corrected chi connectivity index (χ1v) is 10.7. The molecule has 0 unspecified atom stereocenters. The second-order valence-electron chi connectivity index (χ2n) is 7.26. The third kappa shape index (κ3) is 4.47. The van der Waals surface area contributed by atoms with Crippen LogP contribution in [0.2, 0.25) is 0 Å². The van der Waals surface area contributed by atoms with Gasteiger partial charge in [-0.3, -0.25) is 9.47 Å². The quantitative estimate of drug-likeness (QED) is 0.687. The van der Waals surface area contributed by atoms with Crippen LogP contribution in [0.3, 0.4) is 0 Å². The minimum atomic E-state index is -0.925. The Bertz CT molecular complexity index is 1050. The number of hydrogen-bond acceptors (Lipinski definition) is 5. The van der Waals surface area contributed by atoms with Crippen molar-refractivity contribution in [2.75, 3.05) is 26.3 Å². The Kier molecular flexibility index (Phi) is 6.34. The number of carbonyl (C=O) groups is 1. The SMILES string of the molecule is CC.O=C(O)c1ccc(-c2ccc3c(c2)OCc2nc(CN4CCOCC4)cn2-3)cc1. The molecule has 7 heteroatoms. The van der Waals surface area contributed by atoms with Crippen molar-refractivity contribution in [3.63, 3.8) is 0 Å². The van der Waals surface area contributed by atoms with E-state index >= 15 is 0 Å². The van der Waals surface area contributed by atoms with Gasteiger partial charge in [0.05, 0.1) is 30.2 Å². The minimum absolute atomic E-state index is 0.277. The molecular weight excluding hydrogens is 394 g/mol. The van der Waals surface area contributed by atoms with E-state index in [4.69, 9.17) is 19.6 Å². The Morgan fingerprint density at radius 2 is 1.77 bits per heavy atom. The summed E-state index contributed by atoms with van der Waals surface area (Å²) in [6, 6.07) is 12.9. The highest BCUT2D eigenvalue weighted by Crippen LogP contribution is 2.34. The number of aromatic nitrogens is 2. The Hall–Kier alpha value is -3.16. The molecular formula is C24H27N3O4. The summed E-state index contributed by atoms with van der Waals surface area (Å²) >= 11 is 0. The lowest BCUT2D eigenvalue weighted by molar-refractivity contribution is 0.0337. The summed E-state index contributed by atoms with van der Waals surface area (Å²) in [6.45, 7) is 8.65. The number of rotatable bonds is 4. The van der Waals surface area contributed by atoms with Crippen LogP contribution in [0.4, 0.5) is 0 Å². The average molecular weight is 421 g/mol. The fourth-order valence-corrected chi connectivity index (χ4v) is 3.80. The number of morpholine rings is 1. The standard InChI is InChI=1S/C22H21N3O4.C2H6/c26-22(27)16-3-1-15(2-4-16)17-5-6-19-20(11-17)29-14-21-23-18(13-25(19)21)12-24-7-9-28-10-8-24;1-2/h1-6,11,13H,7-10,12,14H2,(H,26,27);1-2H3. The Labute approximate surface area is 181 Å². The molecule has 162 valence electrons. The normalized spacial score (nSPS) is 15.2. The third-order valence-corrected chi connectivity index (χ3v) is 5.36. The second kappa shape index (κ2) is 9.32. The molecule has 0 radical (unpaired) electrons. The molecule has 0 bridgehead atoms. The van der Waals surface area contributed by atoms with Crippen LogP contribution in [0.25, 0.3) is 16.8 Å². The van der Waals surface area contributed by atoms with Gasteiger partial charge in [-0.1, -0.05) is 32.0 Å². The second-order valence-corrected chi connectivity index (χ2v) is 7.26. The molecule has 3 aromatic rings. The van der Waals surface area contributed by atoms with Crippen molar-refractivity contribution in [2.45, 2.75) is 27.0 Å². The summed E-state index contributed by atoms with van der Waals surface area (Å²) in [5.41, 5.74) is 4.21. The fourth-order valence-electron chi connectivity index (χ4n) is 3.80. The van der Waals surface area contributed by atoms with Crippen molar-refractivity contribution in [3.05, 3.63) is 65.7 Å². The van der Waals surface area contributed by atoms with E-state index in [-0.39, 0.29) is 5.56 Å². The van der Waals surface area contributed by atoms with Gasteiger partial charge in [0.2, 0.25) is 0 Å². The molecule has 5 rings (SSSR count). The highest BCUT2D eigenvalue weighted by atomic mass is 16.5. The minimum Gasteiger partial charge on any atom is -0.483 e. The van der Waals surface area contributed by atoms with E-state index in [9.17, 15) is 4.79 Å². The number of aromatic carboxylic acids is 1. The van der Waals surface area contributed by atoms with Gasteiger partial charge in [-0.05, 0) is 35.4 Å². The van der Waals surface area contributed by atoms with Crippen LogP contribution in [0.1, 0.15) is 35.7 Å². The zero-order chi connectivity index (χ0) is 21.8. The fraction of sp³-hybridized carbons (Fsp3) is 0.333. The van der Waals surface area contributed by atoms with E-state index < -0.39 is 5.97 Å². The molecule has 0 atom stereocenters. The van der Waals surface area contributed by atoms with Crippen LogP contribution >= 0.6 is 0 Å². The number of carboxylic acid groups (broad SMARTS) is 1. The maximum atomic E-state index is 11.0. The molecule has 2 aliphatic heterocycles. The number of nitrogens with zero attached hydrogens (tertiary/aromatic N) is 3. The summed E-state index contributed by atoms with van der Waals surface area (Å²) in [7, 11) is 0. The average Bonchev–Trinajstić information content (AvgIpc) is 3.23. The van der Waals surface area contributed by atoms with E-state index in [1.165, 1.54) is 0 Å². The summed E-state index contributed by atoms with van der Waals surface area (Å²) in [5.74, 6) is 0.776. The van der Waals surface area contributed by atoms with Crippen molar-refractivity contribution >= 4 is 5.97 Å². The van der Waals surface area contributed by atoms with Gasteiger partial charge < -0.3 is 14.6 Å². The molecule has 0 spiro atoms. The van der Waals surface area contributed by atoms with Crippen molar-refractivity contribution in [1.29, 1.82) is 0 Å². The number of hydrogen-bond donors (Lipinski definition) is 1. The summed E-state index contributed by atoms with van der Waals surface area (Å²) in [5, 5.41) is 9.06. The van der Waals surface area contributed by atoms with E-state index in [1.807, 2.05) is 44.2 Å². The van der Waals surface area contributed by atoms with E-state index in [0.29, 0.717) is 6.61 Å². The largest absolute Gasteiger partial charge is 0.483 e. The van der Waals surface area contributed by atoms with E-state index in [2.05, 4.69) is 15.7 Å². The molecule has 1 N–H and O–H groups in total. The van der Waals surface area contributed by atoms with Crippen LogP contribution < -0.4 is 4.74 Å². The topological polar surface area (TPSA) is 76.8 Å². The first-order chi connectivity index (χ1) is 15.2. The molecule has 3 heterocycles. The highest BCUT2D eigenvalue weighted by Gasteiger charge is 2.21. The third-order valence-electron chi connectivity index (χ3n) is 5.36. The molecule has 2 aliphatic rings. The molecule has 0 saturated carbocycles. The molecule has 1 fully saturated rings. The number of carboxylic acids is 1. The smallest absolute Gasteiger partial charge is 0.335 e. The lowest BCUT2D eigenvalue weighted by Gasteiger charge is -2.25. The van der Waals surface area contributed by atoms with Gasteiger partial charge in [-0.25, -0.2) is 9.78 Å². The lowest BCUT2D eigenvalue weighted by atomic mass is 10.0. The van der Waals surface area contributed by atoms with Gasteiger partial charge >= 0.3 is 5.97 Å². The van der Waals surface area contributed by atoms with Gasteiger partial charge in [0, 0.05) is 25.8 Å². The zero-order valence-electron chi connectivity index (χ0n) is 17.9. The molecule has 1 saturated heterocycles. The lowest BCUT2D eigenvalue weighted by Crippen LogP contribution is -2.35. The van der Waals surface area contributed by atoms with Crippen LogP contribution in [0, 0.1) is 0 Å². The number of benzene rings is 2. The predicted molar refractivity (Wildman–Crippen MR) is 118 cm³/mol. The molecule has 0 amide bonds. The van der Waals surface area contributed by atoms with Gasteiger partial charge in [-0.2, -0.15) is 0 Å². The molecule has 1 aromatic heterocycles. The number of fused-ring (bicyclic) bond motifs is 3. The van der Waals surface area contributed by atoms with Crippen LogP contribution in [-0.2, 0) is 17.9 Å². The van der Waals surface area contributed by atoms with Crippen LogP contribution in [0.15, 0.2) is 48.7 Å². The van der Waals surface area contributed by atoms with E-state index in [1.54, 1.807) is 12.1 Å². The summed E-state index contributed by atoms with van der Waals surface area (Å²) in [4.78, 5) is 18.1. The van der Waals surface area contributed by atoms with Crippen molar-refractivity contribution < 1.29 is 19.4 Å². The number of ether oxygens (including phenoxy) is 2. The zero-order valence-corrected chi connectivity index (χ0v) is 17.9. The molecule has 2 aromatic carbocycles. The van der Waals surface area contributed by atoms with Crippen molar-refractivity contribution in [2.24, 2.45) is 0 Å².